The van der Waals surface area contributed by atoms with Gasteiger partial charge in [-0.15, -0.1) is 0 Å². The van der Waals surface area contributed by atoms with Crippen molar-refractivity contribution < 1.29 is 4.79 Å². The van der Waals surface area contributed by atoms with Crippen LogP contribution in [0.2, 0.25) is 0 Å². The molecule has 132 valence electrons. The zero-order valence-electron chi connectivity index (χ0n) is 15.3. The standard InChI is InChI=1S/C22H23N3O/c1-15-9-10-20(11-16(15)2)25-21-12-19(13-23-14-21)22(26)24-17(3)18-7-5-4-6-8-18/h4-14,17,25H,1-3H3,(H,24,26). The maximum atomic E-state index is 12.6. The molecule has 1 aromatic heterocycles. The van der Waals surface area contributed by atoms with E-state index in [1.54, 1.807) is 12.4 Å². The first-order chi connectivity index (χ1) is 12.5. The van der Waals surface area contributed by atoms with Gasteiger partial charge in [0.15, 0.2) is 0 Å². The zero-order chi connectivity index (χ0) is 18.5. The fourth-order valence-electron chi connectivity index (χ4n) is 2.72. The van der Waals surface area contributed by atoms with Gasteiger partial charge >= 0.3 is 0 Å². The van der Waals surface area contributed by atoms with Gasteiger partial charge < -0.3 is 10.6 Å². The minimum Gasteiger partial charge on any atom is -0.354 e. The Kier molecular flexibility index (Phi) is 5.32. The lowest BCUT2D eigenvalue weighted by Gasteiger charge is -2.15. The van der Waals surface area contributed by atoms with Gasteiger partial charge in [0.2, 0.25) is 0 Å². The van der Waals surface area contributed by atoms with Crippen LogP contribution in [0.3, 0.4) is 0 Å². The molecule has 0 bridgehead atoms. The molecule has 1 atom stereocenters. The molecule has 0 fully saturated rings. The monoisotopic (exact) mass is 345 g/mol. The summed E-state index contributed by atoms with van der Waals surface area (Å²) in [5, 5.41) is 6.32. The Hall–Kier alpha value is -3.14. The molecule has 4 heteroatoms. The highest BCUT2D eigenvalue weighted by atomic mass is 16.1. The second kappa shape index (κ2) is 7.83. The highest BCUT2D eigenvalue weighted by Crippen LogP contribution is 2.20. The van der Waals surface area contributed by atoms with Crippen molar-refractivity contribution in [2.24, 2.45) is 0 Å². The van der Waals surface area contributed by atoms with Crippen LogP contribution in [0, 0.1) is 13.8 Å². The van der Waals surface area contributed by atoms with Gasteiger partial charge in [-0.1, -0.05) is 36.4 Å². The highest BCUT2D eigenvalue weighted by Gasteiger charge is 2.12. The maximum Gasteiger partial charge on any atom is 0.253 e. The van der Waals surface area contributed by atoms with E-state index in [2.05, 4.69) is 41.6 Å². The minimum absolute atomic E-state index is 0.0694. The van der Waals surface area contributed by atoms with Crippen molar-refractivity contribution in [1.82, 2.24) is 10.3 Å². The molecule has 0 saturated carbocycles. The zero-order valence-corrected chi connectivity index (χ0v) is 15.3. The number of aromatic nitrogens is 1. The molecule has 1 heterocycles. The lowest BCUT2D eigenvalue weighted by atomic mass is 10.1. The number of hydrogen-bond acceptors (Lipinski definition) is 3. The molecule has 1 unspecified atom stereocenters. The van der Waals surface area contributed by atoms with Crippen molar-refractivity contribution >= 4 is 17.3 Å². The van der Waals surface area contributed by atoms with Gasteiger partial charge in [0.05, 0.1) is 23.5 Å². The van der Waals surface area contributed by atoms with Crippen LogP contribution < -0.4 is 10.6 Å². The van der Waals surface area contributed by atoms with Gasteiger partial charge in [-0.2, -0.15) is 0 Å². The summed E-state index contributed by atoms with van der Waals surface area (Å²) >= 11 is 0. The number of carbonyl (C=O) groups is 1. The smallest absolute Gasteiger partial charge is 0.253 e. The Balaban J connectivity index is 1.72. The van der Waals surface area contributed by atoms with Gasteiger partial charge in [-0.3, -0.25) is 9.78 Å². The first-order valence-corrected chi connectivity index (χ1v) is 8.68. The molecule has 4 nitrogen and oxygen atoms in total. The van der Waals surface area contributed by atoms with Gasteiger partial charge in [0, 0.05) is 11.9 Å². The molecule has 0 aliphatic rings. The van der Waals surface area contributed by atoms with Crippen LogP contribution in [-0.4, -0.2) is 10.9 Å². The number of nitrogens with one attached hydrogen (secondary N) is 2. The van der Waals surface area contributed by atoms with E-state index >= 15 is 0 Å². The third-order valence-electron chi connectivity index (χ3n) is 4.44. The molecule has 0 radical (unpaired) electrons. The Morgan fingerprint density at radius 2 is 1.69 bits per heavy atom. The lowest BCUT2D eigenvalue weighted by molar-refractivity contribution is 0.0939. The van der Waals surface area contributed by atoms with Gasteiger partial charge in [0.25, 0.3) is 5.91 Å². The third kappa shape index (κ3) is 4.28. The maximum absolute atomic E-state index is 12.6. The molecule has 3 aromatic rings. The van der Waals surface area contributed by atoms with E-state index in [1.807, 2.05) is 49.4 Å². The Morgan fingerprint density at radius 1 is 0.923 bits per heavy atom. The Labute approximate surface area is 154 Å². The molecular weight excluding hydrogens is 322 g/mol. The summed E-state index contributed by atoms with van der Waals surface area (Å²) in [5.41, 5.74) is 5.82. The first kappa shape index (κ1) is 17.7. The molecule has 0 spiro atoms. The normalized spacial score (nSPS) is 11.7. The van der Waals surface area contributed by atoms with Crippen LogP contribution in [0.25, 0.3) is 0 Å². The lowest BCUT2D eigenvalue weighted by Crippen LogP contribution is -2.26. The number of anilines is 2. The van der Waals surface area contributed by atoms with E-state index in [-0.39, 0.29) is 11.9 Å². The fraction of sp³-hybridized carbons (Fsp3) is 0.182. The third-order valence-corrected chi connectivity index (χ3v) is 4.44. The number of benzene rings is 2. The second-order valence-electron chi connectivity index (χ2n) is 6.49. The average Bonchev–Trinajstić information content (AvgIpc) is 2.65. The number of rotatable bonds is 5. The Morgan fingerprint density at radius 3 is 2.42 bits per heavy atom. The van der Waals surface area contributed by atoms with Crippen LogP contribution in [-0.2, 0) is 0 Å². The van der Waals surface area contributed by atoms with E-state index < -0.39 is 0 Å². The molecule has 3 rings (SSSR count). The number of nitrogens with zero attached hydrogens (tertiary/aromatic N) is 1. The number of amides is 1. The molecular formula is C22H23N3O. The van der Waals surface area contributed by atoms with Crippen molar-refractivity contribution in [1.29, 1.82) is 0 Å². The summed E-state index contributed by atoms with van der Waals surface area (Å²) in [4.78, 5) is 16.8. The summed E-state index contributed by atoms with van der Waals surface area (Å²) in [6.07, 6.45) is 3.30. The molecule has 1 amide bonds. The Bertz CT molecular complexity index is 906. The van der Waals surface area contributed by atoms with E-state index in [0.717, 1.165) is 16.9 Å². The van der Waals surface area contributed by atoms with Crippen LogP contribution in [0.4, 0.5) is 11.4 Å². The topological polar surface area (TPSA) is 54.0 Å². The van der Waals surface area contributed by atoms with Crippen LogP contribution in [0.1, 0.15) is 40.0 Å². The highest BCUT2D eigenvalue weighted by molar-refractivity contribution is 5.95. The molecule has 2 N–H and O–H groups in total. The first-order valence-electron chi connectivity index (χ1n) is 8.68. The van der Waals surface area contributed by atoms with Crippen molar-refractivity contribution in [3.63, 3.8) is 0 Å². The molecule has 26 heavy (non-hydrogen) atoms. The van der Waals surface area contributed by atoms with Crippen molar-refractivity contribution in [2.75, 3.05) is 5.32 Å². The SMILES string of the molecule is Cc1ccc(Nc2cncc(C(=O)NC(C)c3ccccc3)c2)cc1C. The average molecular weight is 345 g/mol. The predicted octanol–water partition coefficient (Wildman–Crippen LogP) is 4.93. The van der Waals surface area contributed by atoms with Crippen molar-refractivity contribution in [3.05, 3.63) is 89.2 Å². The largest absolute Gasteiger partial charge is 0.354 e. The summed E-state index contributed by atoms with van der Waals surface area (Å²) < 4.78 is 0. The van der Waals surface area contributed by atoms with Gasteiger partial charge in [-0.05, 0) is 55.7 Å². The molecule has 0 aliphatic carbocycles. The van der Waals surface area contributed by atoms with E-state index in [1.165, 1.54) is 11.1 Å². The van der Waals surface area contributed by atoms with E-state index in [9.17, 15) is 4.79 Å². The summed E-state index contributed by atoms with van der Waals surface area (Å²) in [6.45, 7) is 6.13. The van der Waals surface area contributed by atoms with Gasteiger partial charge in [-0.25, -0.2) is 0 Å². The molecule has 0 aliphatic heterocycles. The molecule has 0 saturated heterocycles. The van der Waals surface area contributed by atoms with Crippen LogP contribution in [0.5, 0.6) is 0 Å². The van der Waals surface area contributed by atoms with Crippen LogP contribution in [0.15, 0.2) is 67.0 Å². The minimum atomic E-state index is -0.141. The number of hydrogen-bond donors (Lipinski definition) is 2. The fourth-order valence-corrected chi connectivity index (χ4v) is 2.72. The quantitative estimate of drug-likeness (QED) is 0.689. The van der Waals surface area contributed by atoms with Crippen molar-refractivity contribution in [3.8, 4) is 0 Å². The van der Waals surface area contributed by atoms with Crippen LogP contribution >= 0.6 is 0 Å². The van der Waals surface area contributed by atoms with E-state index in [0.29, 0.717) is 5.56 Å². The second-order valence-corrected chi connectivity index (χ2v) is 6.49. The summed E-state index contributed by atoms with van der Waals surface area (Å²) in [5.74, 6) is -0.141. The van der Waals surface area contributed by atoms with E-state index in [4.69, 9.17) is 0 Å². The number of aryl methyl sites for hydroxylation is 2. The number of pyridine rings is 1. The summed E-state index contributed by atoms with van der Waals surface area (Å²) in [6, 6.07) is 17.8. The predicted molar refractivity (Wildman–Crippen MR) is 106 cm³/mol. The van der Waals surface area contributed by atoms with Gasteiger partial charge in [0.1, 0.15) is 0 Å². The number of carbonyl (C=O) groups excluding carboxylic acids is 1. The summed E-state index contributed by atoms with van der Waals surface area (Å²) in [7, 11) is 0. The van der Waals surface area contributed by atoms with Crippen molar-refractivity contribution in [2.45, 2.75) is 26.8 Å². The molecule has 2 aromatic carbocycles.